The van der Waals surface area contributed by atoms with Crippen LogP contribution in [0.15, 0.2) is 58.2 Å². The van der Waals surface area contributed by atoms with Crippen molar-refractivity contribution in [1.82, 2.24) is 15.5 Å². The summed E-state index contributed by atoms with van der Waals surface area (Å²) in [4.78, 5) is 12.4. The van der Waals surface area contributed by atoms with Crippen LogP contribution < -0.4 is 5.32 Å². The average Bonchev–Trinajstić information content (AvgIpc) is 3.20. The average molecular weight is 424 g/mol. The van der Waals surface area contributed by atoms with Gasteiger partial charge >= 0.3 is 0 Å². The van der Waals surface area contributed by atoms with Crippen molar-refractivity contribution in [3.8, 4) is 11.5 Å². The number of aromatic nitrogens is 2. The monoisotopic (exact) mass is 423 g/mol. The Morgan fingerprint density at radius 2 is 1.73 bits per heavy atom. The topological polar surface area (TPSA) is 68.0 Å². The van der Waals surface area contributed by atoms with Crippen LogP contribution in [0.4, 0.5) is 0 Å². The van der Waals surface area contributed by atoms with Crippen molar-refractivity contribution < 1.29 is 9.21 Å². The molecular formula is C24H29N3O2S. The summed E-state index contributed by atoms with van der Waals surface area (Å²) in [5.74, 6) is 0.638. The van der Waals surface area contributed by atoms with E-state index in [1.165, 1.54) is 22.9 Å². The highest BCUT2D eigenvalue weighted by Gasteiger charge is 2.17. The lowest BCUT2D eigenvalue weighted by Gasteiger charge is -2.18. The molecule has 0 fully saturated rings. The summed E-state index contributed by atoms with van der Waals surface area (Å²) in [6.07, 6.45) is 0.828. The van der Waals surface area contributed by atoms with E-state index in [1.54, 1.807) is 0 Å². The molecule has 5 nitrogen and oxygen atoms in total. The third-order valence-corrected chi connectivity index (χ3v) is 5.77. The number of hydrogen-bond donors (Lipinski definition) is 1. The molecule has 30 heavy (non-hydrogen) atoms. The van der Waals surface area contributed by atoms with E-state index in [2.05, 4.69) is 86.5 Å². The van der Waals surface area contributed by atoms with Gasteiger partial charge in [-0.05, 0) is 42.0 Å². The van der Waals surface area contributed by atoms with E-state index < -0.39 is 0 Å². The summed E-state index contributed by atoms with van der Waals surface area (Å²) < 4.78 is 5.74. The van der Waals surface area contributed by atoms with Gasteiger partial charge in [-0.2, -0.15) is 0 Å². The van der Waals surface area contributed by atoms with Crippen LogP contribution in [-0.4, -0.2) is 21.9 Å². The van der Waals surface area contributed by atoms with E-state index in [9.17, 15) is 4.79 Å². The SMILES string of the molecule is CC[C@@H](NC(=O)CSc1nnc(-c2ccc(C(C)(C)C)cc2)o1)c1ccc(C)cc1. The number of amides is 1. The molecule has 0 aliphatic rings. The maximum atomic E-state index is 12.4. The fraction of sp³-hybridized carbons (Fsp3) is 0.375. The van der Waals surface area contributed by atoms with Crippen LogP contribution in [0.2, 0.25) is 0 Å². The fourth-order valence-corrected chi connectivity index (χ4v) is 3.66. The number of aryl methyl sites for hydroxylation is 1. The van der Waals surface area contributed by atoms with Gasteiger partial charge in [0, 0.05) is 5.56 Å². The number of hydrogen-bond acceptors (Lipinski definition) is 5. The third-order valence-electron chi connectivity index (χ3n) is 4.95. The minimum Gasteiger partial charge on any atom is -0.411 e. The Morgan fingerprint density at radius 3 is 2.33 bits per heavy atom. The predicted octanol–water partition coefficient (Wildman–Crippen LogP) is 5.70. The van der Waals surface area contributed by atoms with Gasteiger partial charge in [0.25, 0.3) is 5.22 Å². The molecule has 3 rings (SSSR count). The first kappa shape index (κ1) is 22.1. The number of thioether (sulfide) groups is 1. The molecule has 0 saturated carbocycles. The van der Waals surface area contributed by atoms with Crippen LogP contribution in [0.5, 0.6) is 0 Å². The molecule has 0 bridgehead atoms. The molecule has 0 saturated heterocycles. The van der Waals surface area contributed by atoms with Crippen molar-refractivity contribution in [3.63, 3.8) is 0 Å². The number of carbonyl (C=O) groups excluding carboxylic acids is 1. The van der Waals surface area contributed by atoms with E-state index >= 15 is 0 Å². The summed E-state index contributed by atoms with van der Waals surface area (Å²) in [5, 5.41) is 11.7. The second-order valence-electron chi connectivity index (χ2n) is 8.43. The summed E-state index contributed by atoms with van der Waals surface area (Å²) in [5.41, 5.74) is 4.53. The quantitative estimate of drug-likeness (QED) is 0.494. The van der Waals surface area contributed by atoms with Crippen LogP contribution in [-0.2, 0) is 10.2 Å². The molecule has 0 unspecified atom stereocenters. The first-order valence-corrected chi connectivity index (χ1v) is 11.2. The lowest BCUT2D eigenvalue weighted by molar-refractivity contribution is -0.119. The second kappa shape index (κ2) is 9.47. The Morgan fingerprint density at radius 1 is 1.07 bits per heavy atom. The highest BCUT2D eigenvalue weighted by molar-refractivity contribution is 7.99. The predicted molar refractivity (Wildman–Crippen MR) is 122 cm³/mol. The molecule has 0 spiro atoms. The zero-order valence-electron chi connectivity index (χ0n) is 18.2. The zero-order chi connectivity index (χ0) is 21.7. The maximum absolute atomic E-state index is 12.4. The molecule has 2 aromatic carbocycles. The summed E-state index contributed by atoms with van der Waals surface area (Å²) in [7, 11) is 0. The number of carbonyl (C=O) groups is 1. The molecule has 1 amide bonds. The van der Waals surface area contributed by atoms with E-state index in [1.807, 2.05) is 12.1 Å². The molecule has 3 aromatic rings. The maximum Gasteiger partial charge on any atom is 0.277 e. The Hall–Kier alpha value is -2.60. The van der Waals surface area contributed by atoms with Gasteiger partial charge in [0.2, 0.25) is 11.8 Å². The van der Waals surface area contributed by atoms with Crippen LogP contribution in [0.25, 0.3) is 11.5 Å². The van der Waals surface area contributed by atoms with Gasteiger partial charge in [-0.25, -0.2) is 0 Å². The Bertz CT molecular complexity index is 973. The second-order valence-corrected chi connectivity index (χ2v) is 9.35. The van der Waals surface area contributed by atoms with Crippen molar-refractivity contribution in [2.75, 3.05) is 5.75 Å². The molecule has 1 atom stereocenters. The van der Waals surface area contributed by atoms with E-state index in [0.29, 0.717) is 11.1 Å². The zero-order valence-corrected chi connectivity index (χ0v) is 19.0. The molecule has 6 heteroatoms. The van der Waals surface area contributed by atoms with Crippen molar-refractivity contribution in [1.29, 1.82) is 0 Å². The molecule has 0 aliphatic carbocycles. The minimum atomic E-state index is -0.0540. The smallest absolute Gasteiger partial charge is 0.277 e. The van der Waals surface area contributed by atoms with Crippen LogP contribution in [0.3, 0.4) is 0 Å². The Labute approximate surface area is 182 Å². The van der Waals surface area contributed by atoms with Crippen molar-refractivity contribution >= 4 is 17.7 Å². The highest BCUT2D eigenvalue weighted by Crippen LogP contribution is 2.27. The van der Waals surface area contributed by atoms with Crippen LogP contribution in [0.1, 0.15) is 56.8 Å². The fourth-order valence-electron chi connectivity index (χ4n) is 3.08. The van der Waals surface area contributed by atoms with Crippen molar-refractivity contribution in [3.05, 3.63) is 65.2 Å². The summed E-state index contributed by atoms with van der Waals surface area (Å²) in [6.45, 7) is 10.6. The first-order chi connectivity index (χ1) is 14.3. The molecule has 0 aliphatic heterocycles. The van der Waals surface area contributed by atoms with Crippen LogP contribution >= 0.6 is 11.8 Å². The molecule has 1 heterocycles. The minimum absolute atomic E-state index is 0.00160. The van der Waals surface area contributed by atoms with Gasteiger partial charge in [0.15, 0.2) is 0 Å². The van der Waals surface area contributed by atoms with Gasteiger partial charge in [-0.1, -0.05) is 81.4 Å². The lowest BCUT2D eigenvalue weighted by Crippen LogP contribution is -2.29. The lowest BCUT2D eigenvalue weighted by atomic mass is 9.87. The molecule has 0 radical (unpaired) electrons. The number of nitrogens with one attached hydrogen (secondary N) is 1. The molecular weight excluding hydrogens is 394 g/mol. The molecule has 1 N–H and O–H groups in total. The Kier molecular flexibility index (Phi) is 6.98. The van der Waals surface area contributed by atoms with Gasteiger partial charge < -0.3 is 9.73 Å². The number of rotatable bonds is 7. The van der Waals surface area contributed by atoms with Gasteiger partial charge in [-0.3, -0.25) is 4.79 Å². The van der Waals surface area contributed by atoms with E-state index in [-0.39, 0.29) is 23.1 Å². The first-order valence-electron chi connectivity index (χ1n) is 10.2. The number of benzene rings is 2. The molecule has 1 aromatic heterocycles. The van der Waals surface area contributed by atoms with E-state index in [4.69, 9.17) is 4.42 Å². The van der Waals surface area contributed by atoms with Crippen LogP contribution in [0, 0.1) is 6.92 Å². The summed E-state index contributed by atoms with van der Waals surface area (Å²) >= 11 is 1.25. The molecule has 158 valence electrons. The van der Waals surface area contributed by atoms with Gasteiger partial charge in [0.05, 0.1) is 11.8 Å². The van der Waals surface area contributed by atoms with E-state index in [0.717, 1.165) is 17.5 Å². The standard InChI is InChI=1S/C24H29N3O2S/c1-6-20(17-9-7-16(2)8-10-17)25-21(28)15-30-23-27-26-22(29-23)18-11-13-19(14-12-18)24(3,4)5/h7-14,20H,6,15H2,1-5H3,(H,25,28)/t20-/m1/s1. The third kappa shape index (κ3) is 5.72. The van der Waals surface area contributed by atoms with Gasteiger partial charge in [0.1, 0.15) is 0 Å². The number of nitrogens with zero attached hydrogens (tertiary/aromatic N) is 2. The van der Waals surface area contributed by atoms with Crippen molar-refractivity contribution in [2.45, 2.75) is 57.7 Å². The normalized spacial score (nSPS) is 12.6. The summed E-state index contributed by atoms with van der Waals surface area (Å²) in [6, 6.07) is 16.4. The highest BCUT2D eigenvalue weighted by atomic mass is 32.2. The Balaban J connectivity index is 1.57. The van der Waals surface area contributed by atoms with Crippen molar-refractivity contribution in [2.24, 2.45) is 0 Å². The largest absolute Gasteiger partial charge is 0.411 e. The van der Waals surface area contributed by atoms with Gasteiger partial charge in [-0.15, -0.1) is 10.2 Å².